The first-order chi connectivity index (χ1) is 12.9. The van der Waals surface area contributed by atoms with E-state index in [1.54, 1.807) is 24.3 Å². The number of hydrogen-bond acceptors (Lipinski definition) is 8. The molecule has 140 valence electrons. The first-order valence-corrected chi connectivity index (χ1v) is 9.08. The number of sulfonamides is 1. The maximum atomic E-state index is 12.3. The van der Waals surface area contributed by atoms with Crippen LogP contribution in [-0.2, 0) is 16.6 Å². The van der Waals surface area contributed by atoms with Crippen LogP contribution in [0.2, 0.25) is 0 Å². The van der Waals surface area contributed by atoms with Gasteiger partial charge in [0, 0.05) is 17.7 Å². The number of methoxy groups -OCH3 is 1. The second-order valence-corrected chi connectivity index (χ2v) is 7.09. The Morgan fingerprint density at radius 2 is 2.00 bits per heavy atom. The second kappa shape index (κ2) is 7.51. The molecule has 0 aliphatic carbocycles. The first kappa shape index (κ1) is 18.5. The molecule has 0 aliphatic rings. The van der Waals surface area contributed by atoms with Crippen LogP contribution in [0.1, 0.15) is 5.89 Å². The summed E-state index contributed by atoms with van der Waals surface area (Å²) in [5, 5.41) is 14.6. The van der Waals surface area contributed by atoms with Crippen molar-refractivity contribution in [3.63, 3.8) is 0 Å². The summed E-state index contributed by atoms with van der Waals surface area (Å²) in [6.45, 7) is -0.262. The van der Waals surface area contributed by atoms with Gasteiger partial charge in [-0.15, -0.1) is 0 Å². The Balaban J connectivity index is 1.74. The van der Waals surface area contributed by atoms with Gasteiger partial charge in [0.2, 0.25) is 21.7 Å². The molecule has 10 nitrogen and oxygen atoms in total. The number of rotatable bonds is 7. The third-order valence-electron chi connectivity index (χ3n) is 3.55. The third kappa shape index (κ3) is 4.27. The average Bonchev–Trinajstić information content (AvgIpc) is 3.16. The number of hydrogen-bond donors (Lipinski definition) is 1. The van der Waals surface area contributed by atoms with Gasteiger partial charge in [-0.3, -0.25) is 10.1 Å². The summed E-state index contributed by atoms with van der Waals surface area (Å²) in [4.78, 5) is 14.0. The fourth-order valence-corrected chi connectivity index (χ4v) is 3.22. The van der Waals surface area contributed by atoms with Gasteiger partial charge in [0.05, 0.1) is 23.5 Å². The lowest BCUT2D eigenvalue weighted by atomic mass is 10.2. The highest BCUT2D eigenvalue weighted by Gasteiger charge is 2.19. The molecule has 0 amide bonds. The van der Waals surface area contributed by atoms with Gasteiger partial charge in [-0.25, -0.2) is 13.1 Å². The van der Waals surface area contributed by atoms with Crippen molar-refractivity contribution in [2.75, 3.05) is 7.11 Å². The van der Waals surface area contributed by atoms with Crippen molar-refractivity contribution in [3.05, 3.63) is 64.5 Å². The van der Waals surface area contributed by atoms with Crippen LogP contribution in [0.5, 0.6) is 5.75 Å². The molecule has 0 bridgehead atoms. The molecule has 1 N–H and O–H groups in total. The van der Waals surface area contributed by atoms with E-state index in [0.717, 1.165) is 6.07 Å². The zero-order valence-corrected chi connectivity index (χ0v) is 14.8. The van der Waals surface area contributed by atoms with Gasteiger partial charge in [0.25, 0.3) is 5.69 Å². The molecule has 0 unspecified atom stereocenters. The average molecular weight is 390 g/mol. The fraction of sp³-hybridized carbons (Fsp3) is 0.125. The number of ether oxygens (including phenoxy) is 1. The molecular formula is C16H14N4O6S. The molecule has 11 heteroatoms. The summed E-state index contributed by atoms with van der Waals surface area (Å²) in [5.74, 6) is 0.936. The van der Waals surface area contributed by atoms with Gasteiger partial charge in [-0.05, 0) is 18.2 Å². The van der Waals surface area contributed by atoms with E-state index in [1.165, 1.54) is 25.3 Å². The maximum absolute atomic E-state index is 12.3. The van der Waals surface area contributed by atoms with E-state index in [4.69, 9.17) is 9.26 Å². The largest absolute Gasteiger partial charge is 0.497 e. The van der Waals surface area contributed by atoms with Crippen LogP contribution in [0, 0.1) is 10.1 Å². The lowest BCUT2D eigenvalue weighted by Gasteiger charge is -2.04. The van der Waals surface area contributed by atoms with Crippen LogP contribution < -0.4 is 9.46 Å². The van der Waals surface area contributed by atoms with Gasteiger partial charge < -0.3 is 9.26 Å². The van der Waals surface area contributed by atoms with Crippen LogP contribution in [0.25, 0.3) is 11.4 Å². The number of nitro groups is 1. The predicted molar refractivity (Wildman–Crippen MR) is 93.4 cm³/mol. The Labute approximate surface area is 154 Å². The van der Waals surface area contributed by atoms with Gasteiger partial charge >= 0.3 is 0 Å². The summed E-state index contributed by atoms with van der Waals surface area (Å²) in [6.07, 6.45) is 0. The summed E-state index contributed by atoms with van der Waals surface area (Å²) < 4.78 is 37.0. The molecular weight excluding hydrogens is 376 g/mol. The number of nitro benzene ring substituents is 1. The normalized spacial score (nSPS) is 11.3. The SMILES string of the molecule is COc1cccc(-c2noc(CNS(=O)(=O)c3cccc([N+](=O)[O-])c3)n2)c1. The summed E-state index contributed by atoms with van der Waals surface area (Å²) in [5.41, 5.74) is 0.321. The highest BCUT2D eigenvalue weighted by Crippen LogP contribution is 2.21. The molecule has 0 saturated heterocycles. The van der Waals surface area contributed by atoms with Gasteiger partial charge in [0.15, 0.2) is 0 Å². The summed E-state index contributed by atoms with van der Waals surface area (Å²) >= 11 is 0. The Morgan fingerprint density at radius 1 is 1.22 bits per heavy atom. The summed E-state index contributed by atoms with van der Waals surface area (Å²) in [6, 6.07) is 11.7. The minimum absolute atomic E-state index is 0.0434. The lowest BCUT2D eigenvalue weighted by molar-refractivity contribution is -0.385. The number of non-ortho nitro benzene ring substituents is 1. The molecule has 0 spiro atoms. The van der Waals surface area contributed by atoms with E-state index < -0.39 is 14.9 Å². The summed E-state index contributed by atoms with van der Waals surface area (Å²) in [7, 11) is -2.45. The predicted octanol–water partition coefficient (Wildman–Crippen LogP) is 2.13. The molecule has 3 rings (SSSR count). The number of nitrogens with zero attached hydrogens (tertiary/aromatic N) is 3. The van der Waals surface area contributed by atoms with E-state index in [1.807, 2.05) is 0 Å². The zero-order valence-electron chi connectivity index (χ0n) is 14.0. The Hall–Kier alpha value is -3.31. The smallest absolute Gasteiger partial charge is 0.270 e. The van der Waals surface area contributed by atoms with Crippen molar-refractivity contribution >= 4 is 15.7 Å². The Bertz CT molecular complexity index is 1080. The van der Waals surface area contributed by atoms with Crippen LogP contribution in [0.3, 0.4) is 0 Å². The number of nitrogens with one attached hydrogen (secondary N) is 1. The van der Waals surface area contributed by atoms with Crippen molar-refractivity contribution in [3.8, 4) is 17.1 Å². The molecule has 0 saturated carbocycles. The minimum atomic E-state index is -3.98. The molecule has 2 aromatic carbocycles. The van der Waals surface area contributed by atoms with Crippen molar-refractivity contribution in [2.45, 2.75) is 11.4 Å². The second-order valence-electron chi connectivity index (χ2n) is 5.32. The quantitative estimate of drug-likeness (QED) is 0.478. The lowest BCUT2D eigenvalue weighted by Crippen LogP contribution is -2.23. The molecule has 0 aliphatic heterocycles. The third-order valence-corrected chi connectivity index (χ3v) is 4.95. The molecule has 1 aromatic heterocycles. The molecule has 0 atom stereocenters. The van der Waals surface area contributed by atoms with Gasteiger partial charge in [-0.2, -0.15) is 4.98 Å². The van der Waals surface area contributed by atoms with Crippen LogP contribution >= 0.6 is 0 Å². The Morgan fingerprint density at radius 3 is 2.74 bits per heavy atom. The van der Waals surface area contributed by atoms with Crippen molar-refractivity contribution in [1.82, 2.24) is 14.9 Å². The first-order valence-electron chi connectivity index (χ1n) is 7.60. The van der Waals surface area contributed by atoms with Crippen molar-refractivity contribution in [1.29, 1.82) is 0 Å². The van der Waals surface area contributed by atoms with E-state index >= 15 is 0 Å². The molecule has 1 heterocycles. The Kier molecular flexibility index (Phi) is 5.14. The maximum Gasteiger partial charge on any atom is 0.270 e. The van der Waals surface area contributed by atoms with E-state index in [-0.39, 0.29) is 28.8 Å². The molecule has 27 heavy (non-hydrogen) atoms. The number of aromatic nitrogens is 2. The molecule has 0 radical (unpaired) electrons. The van der Waals surface area contributed by atoms with E-state index in [2.05, 4.69) is 14.9 Å². The number of benzene rings is 2. The monoisotopic (exact) mass is 390 g/mol. The standard InChI is InChI=1S/C16H14N4O6S/c1-25-13-6-2-4-11(8-13)16-18-15(26-19-16)10-17-27(23,24)14-7-3-5-12(9-14)20(21)22/h2-9,17H,10H2,1H3. The molecule has 0 fully saturated rings. The topological polar surface area (TPSA) is 137 Å². The van der Waals surface area contributed by atoms with E-state index in [9.17, 15) is 18.5 Å². The minimum Gasteiger partial charge on any atom is -0.497 e. The zero-order chi connectivity index (χ0) is 19.4. The van der Waals surface area contributed by atoms with Gasteiger partial charge in [0.1, 0.15) is 5.75 Å². The van der Waals surface area contributed by atoms with Crippen molar-refractivity contribution in [2.24, 2.45) is 0 Å². The van der Waals surface area contributed by atoms with Gasteiger partial charge in [-0.1, -0.05) is 23.4 Å². The van der Waals surface area contributed by atoms with Crippen LogP contribution in [-0.4, -0.2) is 30.6 Å². The van der Waals surface area contributed by atoms with Crippen LogP contribution in [0.4, 0.5) is 5.69 Å². The fourth-order valence-electron chi connectivity index (χ4n) is 2.21. The highest BCUT2D eigenvalue weighted by atomic mass is 32.2. The van der Waals surface area contributed by atoms with Crippen molar-refractivity contribution < 1.29 is 22.6 Å². The highest BCUT2D eigenvalue weighted by molar-refractivity contribution is 7.89. The van der Waals surface area contributed by atoms with Crippen LogP contribution in [0.15, 0.2) is 57.9 Å². The van der Waals surface area contributed by atoms with E-state index in [0.29, 0.717) is 11.3 Å². The molecule has 3 aromatic rings.